The number of ether oxygens (including phenoxy) is 1. The van der Waals surface area contributed by atoms with Gasteiger partial charge >= 0.3 is 0 Å². The van der Waals surface area contributed by atoms with Gasteiger partial charge in [0.15, 0.2) is 6.10 Å². The molecule has 0 aliphatic rings. The number of rotatable bonds is 4. The van der Waals surface area contributed by atoms with Gasteiger partial charge in [-0.3, -0.25) is 0 Å². The molecule has 0 radical (unpaired) electrons. The first-order valence-corrected chi connectivity index (χ1v) is 6.65. The maximum absolute atomic E-state index is 6.10. The van der Waals surface area contributed by atoms with E-state index >= 15 is 0 Å². The van der Waals surface area contributed by atoms with Crippen LogP contribution in [0.5, 0.6) is 5.75 Å². The second-order valence-corrected chi connectivity index (χ2v) is 5.19. The SMILES string of the molecule is Cc1ccc(C(CN)Oc2ccc(Br)cc2Cl)o1. The summed E-state index contributed by atoms with van der Waals surface area (Å²) in [6, 6.07) is 9.18. The van der Waals surface area contributed by atoms with E-state index in [1.165, 1.54) is 0 Å². The molecule has 1 heterocycles. The minimum atomic E-state index is -0.336. The number of benzene rings is 1. The monoisotopic (exact) mass is 329 g/mol. The van der Waals surface area contributed by atoms with E-state index in [9.17, 15) is 0 Å². The van der Waals surface area contributed by atoms with Crippen LogP contribution >= 0.6 is 27.5 Å². The predicted octanol–water partition coefficient (Wildman–Crippen LogP) is 4.08. The summed E-state index contributed by atoms with van der Waals surface area (Å²) in [5.74, 6) is 2.12. The second kappa shape index (κ2) is 5.78. The molecule has 2 N–H and O–H groups in total. The number of hydrogen-bond donors (Lipinski definition) is 1. The van der Waals surface area contributed by atoms with Crippen molar-refractivity contribution in [3.63, 3.8) is 0 Å². The highest BCUT2D eigenvalue weighted by Gasteiger charge is 2.16. The third-order valence-corrected chi connectivity index (χ3v) is 3.24. The fourth-order valence-electron chi connectivity index (χ4n) is 1.57. The van der Waals surface area contributed by atoms with E-state index in [0.29, 0.717) is 23.1 Å². The predicted molar refractivity (Wildman–Crippen MR) is 75.0 cm³/mol. The van der Waals surface area contributed by atoms with Gasteiger partial charge in [0.2, 0.25) is 0 Å². The molecule has 5 heteroatoms. The molecule has 0 fully saturated rings. The first-order chi connectivity index (χ1) is 8.60. The average molecular weight is 331 g/mol. The van der Waals surface area contributed by atoms with Gasteiger partial charge in [0, 0.05) is 11.0 Å². The summed E-state index contributed by atoms with van der Waals surface area (Å²) in [6.45, 7) is 2.20. The fraction of sp³-hybridized carbons (Fsp3) is 0.231. The molecule has 18 heavy (non-hydrogen) atoms. The molecule has 0 amide bonds. The van der Waals surface area contributed by atoms with Crippen molar-refractivity contribution >= 4 is 27.5 Å². The van der Waals surface area contributed by atoms with Crippen LogP contribution in [-0.2, 0) is 0 Å². The first kappa shape index (κ1) is 13.5. The standard InChI is InChI=1S/C13H13BrClNO2/c1-8-2-4-12(17-8)13(7-16)18-11-5-3-9(14)6-10(11)15/h2-6,13H,7,16H2,1H3. The van der Waals surface area contributed by atoms with Crippen molar-refractivity contribution in [2.45, 2.75) is 13.0 Å². The molecular weight excluding hydrogens is 318 g/mol. The van der Waals surface area contributed by atoms with Crippen molar-refractivity contribution in [2.75, 3.05) is 6.54 Å². The molecule has 0 aliphatic heterocycles. The molecule has 0 spiro atoms. The van der Waals surface area contributed by atoms with Gasteiger partial charge in [-0.2, -0.15) is 0 Å². The molecule has 2 rings (SSSR count). The van der Waals surface area contributed by atoms with Crippen molar-refractivity contribution in [1.29, 1.82) is 0 Å². The zero-order chi connectivity index (χ0) is 13.1. The number of halogens is 2. The third kappa shape index (κ3) is 3.07. The molecule has 1 unspecified atom stereocenters. The lowest BCUT2D eigenvalue weighted by Gasteiger charge is -2.16. The Labute approximate surface area is 119 Å². The Kier molecular flexibility index (Phi) is 4.32. The lowest BCUT2D eigenvalue weighted by Crippen LogP contribution is -2.18. The molecule has 0 saturated carbocycles. The Balaban J connectivity index is 2.20. The zero-order valence-electron chi connectivity index (χ0n) is 9.82. The largest absolute Gasteiger partial charge is 0.480 e. The van der Waals surface area contributed by atoms with E-state index in [2.05, 4.69) is 15.9 Å². The smallest absolute Gasteiger partial charge is 0.168 e. The third-order valence-electron chi connectivity index (χ3n) is 2.46. The summed E-state index contributed by atoms with van der Waals surface area (Å²) >= 11 is 9.44. The van der Waals surface area contributed by atoms with Gasteiger partial charge in [0.25, 0.3) is 0 Å². The van der Waals surface area contributed by atoms with Crippen LogP contribution in [0, 0.1) is 6.92 Å². The van der Waals surface area contributed by atoms with Crippen LogP contribution in [0.2, 0.25) is 5.02 Å². The van der Waals surface area contributed by atoms with Crippen LogP contribution in [0.25, 0.3) is 0 Å². The molecule has 0 bridgehead atoms. The molecule has 1 atom stereocenters. The second-order valence-electron chi connectivity index (χ2n) is 3.87. The van der Waals surface area contributed by atoms with Crippen molar-refractivity contribution in [3.05, 3.63) is 51.3 Å². The minimum Gasteiger partial charge on any atom is -0.480 e. The normalized spacial score (nSPS) is 12.4. The van der Waals surface area contributed by atoms with E-state index in [1.807, 2.05) is 25.1 Å². The Morgan fingerprint density at radius 2 is 2.17 bits per heavy atom. The maximum Gasteiger partial charge on any atom is 0.168 e. The molecule has 0 saturated heterocycles. The van der Waals surface area contributed by atoms with Gasteiger partial charge in [-0.1, -0.05) is 27.5 Å². The van der Waals surface area contributed by atoms with Gasteiger partial charge in [0.1, 0.15) is 17.3 Å². The summed E-state index contributed by atoms with van der Waals surface area (Å²) in [5, 5.41) is 0.533. The topological polar surface area (TPSA) is 48.4 Å². The van der Waals surface area contributed by atoms with E-state index in [0.717, 1.165) is 10.2 Å². The Morgan fingerprint density at radius 3 is 2.72 bits per heavy atom. The van der Waals surface area contributed by atoms with E-state index in [1.54, 1.807) is 12.1 Å². The fourth-order valence-corrected chi connectivity index (χ4v) is 2.29. The maximum atomic E-state index is 6.10. The summed E-state index contributed by atoms with van der Waals surface area (Å²) in [6.07, 6.45) is -0.336. The molecule has 0 aliphatic carbocycles. The number of aryl methyl sites for hydroxylation is 1. The number of nitrogens with two attached hydrogens (primary N) is 1. The Bertz CT molecular complexity index is 542. The minimum absolute atomic E-state index is 0.319. The van der Waals surface area contributed by atoms with Gasteiger partial charge in [-0.15, -0.1) is 0 Å². The molecular formula is C13H13BrClNO2. The molecule has 96 valence electrons. The highest BCUT2D eigenvalue weighted by atomic mass is 79.9. The number of furan rings is 1. The van der Waals surface area contributed by atoms with Gasteiger partial charge in [-0.25, -0.2) is 0 Å². The molecule has 3 nitrogen and oxygen atoms in total. The highest BCUT2D eigenvalue weighted by Crippen LogP contribution is 2.31. The lowest BCUT2D eigenvalue weighted by atomic mass is 10.2. The summed E-state index contributed by atoms with van der Waals surface area (Å²) in [7, 11) is 0. The average Bonchev–Trinajstić information content (AvgIpc) is 2.75. The molecule has 1 aromatic heterocycles. The van der Waals surface area contributed by atoms with Crippen molar-refractivity contribution < 1.29 is 9.15 Å². The van der Waals surface area contributed by atoms with Crippen molar-refractivity contribution in [3.8, 4) is 5.75 Å². The van der Waals surface area contributed by atoms with Crippen LogP contribution in [0.3, 0.4) is 0 Å². The number of hydrogen-bond acceptors (Lipinski definition) is 3. The summed E-state index contributed by atoms with van der Waals surface area (Å²) in [4.78, 5) is 0. The van der Waals surface area contributed by atoms with Crippen LogP contribution in [0.4, 0.5) is 0 Å². The zero-order valence-corrected chi connectivity index (χ0v) is 12.2. The quantitative estimate of drug-likeness (QED) is 0.919. The molecule has 1 aromatic carbocycles. The van der Waals surface area contributed by atoms with Crippen LogP contribution in [-0.4, -0.2) is 6.54 Å². The van der Waals surface area contributed by atoms with Gasteiger partial charge < -0.3 is 14.9 Å². The molecule has 2 aromatic rings. The Morgan fingerprint density at radius 1 is 1.39 bits per heavy atom. The van der Waals surface area contributed by atoms with E-state index in [-0.39, 0.29) is 6.10 Å². The summed E-state index contributed by atoms with van der Waals surface area (Å²) in [5.41, 5.74) is 5.70. The summed E-state index contributed by atoms with van der Waals surface area (Å²) < 4.78 is 12.2. The van der Waals surface area contributed by atoms with Crippen LogP contribution in [0.15, 0.2) is 39.2 Å². The van der Waals surface area contributed by atoms with Crippen LogP contribution in [0.1, 0.15) is 17.6 Å². The van der Waals surface area contributed by atoms with E-state index in [4.69, 9.17) is 26.5 Å². The lowest BCUT2D eigenvalue weighted by molar-refractivity contribution is 0.182. The van der Waals surface area contributed by atoms with Crippen molar-refractivity contribution in [2.24, 2.45) is 5.73 Å². The van der Waals surface area contributed by atoms with Gasteiger partial charge in [0.05, 0.1) is 5.02 Å². The first-order valence-electron chi connectivity index (χ1n) is 5.48. The van der Waals surface area contributed by atoms with Crippen molar-refractivity contribution in [1.82, 2.24) is 0 Å². The van der Waals surface area contributed by atoms with Gasteiger partial charge in [-0.05, 0) is 37.3 Å². The van der Waals surface area contributed by atoms with E-state index < -0.39 is 0 Å². The Hall–Kier alpha value is -0.970. The highest BCUT2D eigenvalue weighted by molar-refractivity contribution is 9.10. The van der Waals surface area contributed by atoms with Crippen LogP contribution < -0.4 is 10.5 Å².